The first-order valence-corrected chi connectivity index (χ1v) is 10.0. The van der Waals surface area contributed by atoms with E-state index in [0.29, 0.717) is 24.4 Å². The first kappa shape index (κ1) is 26.2. The Bertz CT molecular complexity index is 862. The van der Waals surface area contributed by atoms with Crippen LogP contribution >= 0.6 is 0 Å². The van der Waals surface area contributed by atoms with Gasteiger partial charge in [0.05, 0.1) is 24.5 Å². The largest absolute Gasteiger partial charge is 0.477 e. The van der Waals surface area contributed by atoms with Crippen LogP contribution in [-0.2, 0) is 30.6 Å². The van der Waals surface area contributed by atoms with Crippen molar-refractivity contribution in [2.24, 2.45) is 0 Å². The number of nitrogens with zero attached hydrogens (tertiary/aromatic N) is 2. The second-order valence-corrected chi connectivity index (χ2v) is 6.34. The molecule has 1 aliphatic heterocycles. The number of hydrogen-bond acceptors (Lipinski definition) is 4. The Labute approximate surface area is 179 Å². The number of carboxylic acid groups (broad SMARTS) is 1. The van der Waals surface area contributed by atoms with Gasteiger partial charge in [-0.25, -0.2) is 4.79 Å². The van der Waals surface area contributed by atoms with Crippen LogP contribution in [0.2, 0.25) is 0 Å². The maximum absolute atomic E-state index is 12.5. The molecule has 7 nitrogen and oxygen atoms in total. The van der Waals surface area contributed by atoms with Gasteiger partial charge in [0, 0.05) is 19.3 Å². The van der Waals surface area contributed by atoms with Gasteiger partial charge in [-0.05, 0) is 17.7 Å². The number of carbonyl (C=O) groups excluding carboxylic acids is 1. The minimum absolute atomic E-state index is 0.00959. The summed E-state index contributed by atoms with van der Waals surface area (Å²) in [5.74, 6) is -1.69. The molecule has 0 spiro atoms. The zero-order valence-corrected chi connectivity index (χ0v) is 18.0. The Morgan fingerprint density at radius 2 is 1.90 bits per heavy atom. The van der Waals surface area contributed by atoms with Crippen LogP contribution in [-0.4, -0.2) is 33.1 Å². The van der Waals surface area contributed by atoms with Gasteiger partial charge in [-0.3, -0.25) is 9.78 Å². The van der Waals surface area contributed by atoms with Gasteiger partial charge in [0.25, 0.3) is 5.91 Å². The number of aromatic nitrogens is 2. The summed E-state index contributed by atoms with van der Waals surface area (Å²) in [6.07, 6.45) is -2.25. The monoisotopic (exact) mass is 443 g/mol. The lowest BCUT2D eigenvalue weighted by Gasteiger charge is -2.18. The number of hydrogen-bond donors (Lipinski definition) is 2. The third-order valence-corrected chi connectivity index (χ3v) is 3.94. The van der Waals surface area contributed by atoms with Gasteiger partial charge in [-0.2, -0.15) is 13.2 Å². The minimum atomic E-state index is -4.53. The minimum Gasteiger partial charge on any atom is -0.477 e. The lowest BCUT2D eigenvalue weighted by atomic mass is 10.2. The normalized spacial score (nSPS) is 12.5. The Hall–Kier alpha value is -2.88. The first-order valence-electron chi connectivity index (χ1n) is 10.0. The van der Waals surface area contributed by atoms with Crippen molar-refractivity contribution >= 4 is 11.9 Å². The van der Waals surface area contributed by atoms with Crippen LogP contribution in [0.3, 0.4) is 0 Å². The van der Waals surface area contributed by atoms with Crippen LogP contribution < -0.4 is 5.32 Å². The van der Waals surface area contributed by atoms with Crippen molar-refractivity contribution in [1.29, 1.82) is 0 Å². The molecule has 31 heavy (non-hydrogen) atoms. The molecule has 3 heterocycles. The van der Waals surface area contributed by atoms with Gasteiger partial charge in [-0.15, -0.1) is 0 Å². The summed E-state index contributed by atoms with van der Waals surface area (Å²) < 4.78 is 44.3. The summed E-state index contributed by atoms with van der Waals surface area (Å²) in [6.45, 7) is 8.99. The fourth-order valence-corrected chi connectivity index (χ4v) is 2.67. The number of pyridine rings is 1. The van der Waals surface area contributed by atoms with Crippen LogP contribution in [0.5, 0.6) is 0 Å². The number of halogens is 3. The van der Waals surface area contributed by atoms with E-state index in [1.807, 2.05) is 13.8 Å². The number of nitrogens with one attached hydrogen (secondary N) is 1. The van der Waals surface area contributed by atoms with Gasteiger partial charge in [0.2, 0.25) is 0 Å². The maximum atomic E-state index is 12.5. The number of ether oxygens (including phenoxy) is 1. The van der Waals surface area contributed by atoms with Crippen LogP contribution in [0, 0.1) is 0 Å². The van der Waals surface area contributed by atoms with E-state index in [4.69, 9.17) is 4.74 Å². The summed E-state index contributed by atoms with van der Waals surface area (Å²) in [4.78, 5) is 27.0. The molecule has 0 saturated carbocycles. The van der Waals surface area contributed by atoms with E-state index in [1.54, 1.807) is 0 Å². The Morgan fingerprint density at radius 1 is 1.26 bits per heavy atom. The molecular formula is C21H28F3N3O4. The molecule has 0 saturated heterocycles. The van der Waals surface area contributed by atoms with E-state index in [-0.39, 0.29) is 24.4 Å². The first-order chi connectivity index (χ1) is 14.7. The third kappa shape index (κ3) is 7.09. The zero-order chi connectivity index (χ0) is 23.6. The van der Waals surface area contributed by atoms with E-state index in [1.165, 1.54) is 23.1 Å². The van der Waals surface area contributed by atoms with Gasteiger partial charge in [0.1, 0.15) is 11.4 Å². The quantitative estimate of drug-likeness (QED) is 0.726. The SMILES string of the molecule is CC.CCC.O=C(NCc1ccc(C(F)(F)F)nc1)c1cc(C(=O)O)n2c1COCC2. The zero-order valence-electron chi connectivity index (χ0n) is 18.0. The third-order valence-electron chi connectivity index (χ3n) is 3.94. The summed E-state index contributed by atoms with van der Waals surface area (Å²) >= 11 is 0. The lowest BCUT2D eigenvalue weighted by Crippen LogP contribution is -2.26. The standard InChI is InChI=1S/C16H14F3N3O4.C3H8.C2H6/c17-16(18,19)13-2-1-9(6-20-13)7-21-14(23)10-5-11(15(24)25)22-3-4-26-8-12(10)22;1-3-2;1-2/h1-2,5-6H,3-4,7-8H2,(H,21,23)(H,24,25);3H2,1-2H3;1-2H3. The molecule has 0 bridgehead atoms. The molecule has 0 aromatic carbocycles. The molecule has 0 unspecified atom stereocenters. The second-order valence-electron chi connectivity index (χ2n) is 6.34. The summed E-state index contributed by atoms with van der Waals surface area (Å²) in [5, 5.41) is 11.8. The Balaban J connectivity index is 0.000000884. The molecule has 2 aromatic heterocycles. The van der Waals surface area contributed by atoms with E-state index in [0.717, 1.165) is 12.3 Å². The maximum Gasteiger partial charge on any atom is 0.433 e. The molecule has 0 radical (unpaired) electrons. The Morgan fingerprint density at radius 3 is 2.42 bits per heavy atom. The molecule has 0 atom stereocenters. The molecule has 0 fully saturated rings. The average molecular weight is 443 g/mol. The van der Waals surface area contributed by atoms with E-state index in [2.05, 4.69) is 24.1 Å². The number of alkyl halides is 3. The lowest BCUT2D eigenvalue weighted by molar-refractivity contribution is -0.141. The molecule has 0 aliphatic carbocycles. The highest BCUT2D eigenvalue weighted by molar-refractivity contribution is 5.98. The highest BCUT2D eigenvalue weighted by Gasteiger charge is 2.32. The predicted octanol–water partition coefficient (Wildman–Crippen LogP) is 4.50. The molecule has 10 heteroatoms. The molecule has 3 rings (SSSR count). The van der Waals surface area contributed by atoms with E-state index < -0.39 is 23.7 Å². The van der Waals surface area contributed by atoms with Crippen molar-refractivity contribution in [2.45, 2.75) is 60.0 Å². The van der Waals surface area contributed by atoms with Crippen LogP contribution in [0.4, 0.5) is 13.2 Å². The van der Waals surface area contributed by atoms with Crippen LogP contribution in [0.15, 0.2) is 24.4 Å². The average Bonchev–Trinajstić information content (AvgIpc) is 3.14. The fourth-order valence-electron chi connectivity index (χ4n) is 2.67. The predicted molar refractivity (Wildman–Crippen MR) is 109 cm³/mol. The van der Waals surface area contributed by atoms with Crippen LogP contribution in [0.1, 0.15) is 71.9 Å². The molecule has 1 amide bonds. The number of rotatable bonds is 4. The van der Waals surface area contributed by atoms with Gasteiger partial charge in [0.15, 0.2) is 0 Å². The number of carbonyl (C=O) groups is 2. The Kier molecular flexibility index (Phi) is 10.2. The molecule has 172 valence electrons. The van der Waals surface area contributed by atoms with Crippen molar-refractivity contribution in [3.8, 4) is 0 Å². The second kappa shape index (κ2) is 12.1. The number of aromatic carboxylic acids is 1. The highest BCUT2D eigenvalue weighted by Crippen LogP contribution is 2.27. The summed E-state index contributed by atoms with van der Waals surface area (Å²) in [5.41, 5.74) is -0.0187. The number of amides is 1. The molecular weight excluding hydrogens is 415 g/mol. The topological polar surface area (TPSA) is 93.5 Å². The highest BCUT2D eigenvalue weighted by atomic mass is 19.4. The van der Waals surface area contributed by atoms with Crippen molar-refractivity contribution in [3.05, 3.63) is 52.6 Å². The van der Waals surface area contributed by atoms with Crippen molar-refractivity contribution in [2.75, 3.05) is 6.61 Å². The smallest absolute Gasteiger partial charge is 0.433 e. The van der Waals surface area contributed by atoms with Crippen molar-refractivity contribution in [3.63, 3.8) is 0 Å². The summed E-state index contributed by atoms with van der Waals surface area (Å²) in [6, 6.07) is 3.32. The van der Waals surface area contributed by atoms with Gasteiger partial charge >= 0.3 is 12.1 Å². The van der Waals surface area contributed by atoms with E-state index >= 15 is 0 Å². The van der Waals surface area contributed by atoms with E-state index in [9.17, 15) is 27.9 Å². The van der Waals surface area contributed by atoms with Crippen LogP contribution in [0.25, 0.3) is 0 Å². The number of fused-ring (bicyclic) bond motifs is 1. The molecule has 2 N–H and O–H groups in total. The number of carboxylic acids is 1. The fraction of sp³-hybridized carbons (Fsp3) is 0.476. The summed E-state index contributed by atoms with van der Waals surface area (Å²) in [7, 11) is 0. The molecule has 1 aliphatic rings. The van der Waals surface area contributed by atoms with Crippen molar-refractivity contribution in [1.82, 2.24) is 14.9 Å². The molecule has 2 aromatic rings. The van der Waals surface area contributed by atoms with Gasteiger partial charge < -0.3 is 19.7 Å². The van der Waals surface area contributed by atoms with Crippen molar-refractivity contribution < 1.29 is 32.6 Å². The van der Waals surface area contributed by atoms with Gasteiger partial charge in [-0.1, -0.05) is 40.2 Å².